The van der Waals surface area contributed by atoms with E-state index in [9.17, 15) is 0 Å². The van der Waals surface area contributed by atoms with Crippen LogP contribution >= 0.6 is 27.5 Å². The highest BCUT2D eigenvalue weighted by atomic mass is 79.9. The zero-order chi connectivity index (χ0) is 23.5. The third-order valence-corrected chi connectivity index (χ3v) is 7.11. The Balaban J connectivity index is 1.40. The largest absolute Gasteiger partial charge is 0.494 e. The Morgan fingerprint density at radius 3 is 2.59 bits per heavy atom. The fourth-order valence-electron chi connectivity index (χ4n) is 4.54. The predicted octanol–water partition coefficient (Wildman–Crippen LogP) is 8.30. The van der Waals surface area contributed by atoms with Gasteiger partial charge < -0.3 is 9.47 Å². The maximum atomic E-state index is 6.49. The number of rotatable bonds is 8. The molecule has 0 aromatic heterocycles. The lowest BCUT2D eigenvalue weighted by Gasteiger charge is -2.38. The second kappa shape index (κ2) is 10.4. The van der Waals surface area contributed by atoms with Crippen molar-refractivity contribution in [3.8, 4) is 11.5 Å². The van der Waals surface area contributed by atoms with E-state index in [1.165, 1.54) is 19.3 Å². The Bertz CT molecular complexity index is 1160. The normalized spacial score (nSPS) is 18.7. The molecule has 2 aliphatic heterocycles. The number of halogens is 2. The van der Waals surface area contributed by atoms with Crippen molar-refractivity contribution in [2.45, 2.75) is 51.3 Å². The van der Waals surface area contributed by atoms with Crippen LogP contribution in [-0.2, 0) is 0 Å². The van der Waals surface area contributed by atoms with E-state index in [4.69, 9.17) is 26.2 Å². The van der Waals surface area contributed by atoms with Crippen molar-refractivity contribution in [2.75, 3.05) is 6.61 Å². The highest BCUT2D eigenvalue weighted by Gasteiger charge is 2.41. The minimum absolute atomic E-state index is 0.103. The van der Waals surface area contributed by atoms with Crippen LogP contribution in [0.1, 0.15) is 68.0 Å². The Morgan fingerprint density at radius 1 is 1.03 bits per heavy atom. The predicted molar refractivity (Wildman–Crippen MR) is 141 cm³/mol. The molecular formula is C28H28BrClN2O2. The van der Waals surface area contributed by atoms with E-state index in [0.717, 1.165) is 62.8 Å². The van der Waals surface area contributed by atoms with Gasteiger partial charge in [-0.15, -0.1) is 0 Å². The van der Waals surface area contributed by atoms with Crippen molar-refractivity contribution in [3.05, 3.63) is 92.9 Å². The van der Waals surface area contributed by atoms with Gasteiger partial charge in [0.05, 0.1) is 18.4 Å². The quantitative estimate of drug-likeness (QED) is 0.270. The number of benzene rings is 3. The van der Waals surface area contributed by atoms with Crippen molar-refractivity contribution < 1.29 is 9.47 Å². The van der Waals surface area contributed by atoms with E-state index in [1.54, 1.807) is 0 Å². The molecule has 0 saturated carbocycles. The highest BCUT2D eigenvalue weighted by molar-refractivity contribution is 9.10. The zero-order valence-electron chi connectivity index (χ0n) is 19.2. The molecule has 34 heavy (non-hydrogen) atoms. The third kappa shape index (κ3) is 4.96. The molecule has 0 N–H and O–H groups in total. The first-order valence-electron chi connectivity index (χ1n) is 11.9. The van der Waals surface area contributed by atoms with Gasteiger partial charge in [-0.2, -0.15) is 5.10 Å². The fourth-order valence-corrected chi connectivity index (χ4v) is 5.05. The molecule has 176 valence electrons. The first-order chi connectivity index (χ1) is 16.6. The minimum atomic E-state index is -0.304. The maximum absolute atomic E-state index is 6.49. The van der Waals surface area contributed by atoms with Gasteiger partial charge in [0.25, 0.3) is 0 Å². The van der Waals surface area contributed by atoms with E-state index < -0.39 is 0 Å². The molecule has 0 radical (unpaired) electrons. The third-order valence-electron chi connectivity index (χ3n) is 6.36. The standard InChI is InChI=1S/C28H28BrClN2O2/c1-2-3-4-5-16-33-23-13-8-20(9-14-23)28-32-26(24-17-21(29)10-15-27(24)34-28)18-25(31-32)19-6-11-22(30)12-7-19/h6-15,17,26,28H,2-5,16,18H2,1H3/t26-,28-/m1/s1. The van der Waals surface area contributed by atoms with Crippen LogP contribution in [0.15, 0.2) is 76.3 Å². The summed E-state index contributed by atoms with van der Waals surface area (Å²) < 4.78 is 13.5. The Hall–Kier alpha value is -2.50. The molecule has 0 fully saturated rings. The van der Waals surface area contributed by atoms with E-state index in [1.807, 2.05) is 48.5 Å². The van der Waals surface area contributed by atoms with Gasteiger partial charge in [0, 0.05) is 27.0 Å². The Morgan fingerprint density at radius 2 is 1.82 bits per heavy atom. The second-order valence-corrected chi connectivity index (χ2v) is 10.1. The average molecular weight is 540 g/mol. The number of hydrogen-bond acceptors (Lipinski definition) is 4. The number of hydrogen-bond donors (Lipinski definition) is 0. The average Bonchev–Trinajstić information content (AvgIpc) is 3.30. The van der Waals surface area contributed by atoms with Crippen molar-refractivity contribution in [1.82, 2.24) is 5.01 Å². The second-order valence-electron chi connectivity index (χ2n) is 8.78. The summed E-state index contributed by atoms with van der Waals surface area (Å²) in [5, 5.41) is 7.85. The Kier molecular flexibility index (Phi) is 7.12. The van der Waals surface area contributed by atoms with E-state index >= 15 is 0 Å². The summed E-state index contributed by atoms with van der Waals surface area (Å²) in [4.78, 5) is 0. The summed E-state index contributed by atoms with van der Waals surface area (Å²) in [6, 6.07) is 22.4. The van der Waals surface area contributed by atoms with Crippen molar-refractivity contribution in [2.24, 2.45) is 5.10 Å². The molecule has 3 aromatic rings. The number of fused-ring (bicyclic) bond motifs is 3. The van der Waals surface area contributed by atoms with Gasteiger partial charge in [0.1, 0.15) is 11.5 Å². The number of nitrogens with zero attached hydrogens (tertiary/aromatic N) is 2. The monoisotopic (exact) mass is 538 g/mol. The Labute approximate surface area is 214 Å². The lowest BCUT2D eigenvalue weighted by molar-refractivity contribution is -0.0191. The molecule has 0 spiro atoms. The van der Waals surface area contributed by atoms with Gasteiger partial charge in [-0.05, 0) is 66.6 Å². The lowest BCUT2D eigenvalue weighted by atomic mass is 9.96. The molecule has 0 unspecified atom stereocenters. The molecule has 0 bridgehead atoms. The maximum Gasteiger partial charge on any atom is 0.213 e. The summed E-state index contributed by atoms with van der Waals surface area (Å²) in [7, 11) is 0. The van der Waals surface area contributed by atoms with Gasteiger partial charge in [-0.1, -0.05) is 65.8 Å². The molecule has 2 heterocycles. The van der Waals surface area contributed by atoms with Crippen LogP contribution in [-0.4, -0.2) is 17.3 Å². The van der Waals surface area contributed by atoms with E-state index in [0.29, 0.717) is 0 Å². The number of unbranched alkanes of at least 4 members (excludes halogenated alkanes) is 3. The van der Waals surface area contributed by atoms with Gasteiger partial charge in [-0.3, -0.25) is 0 Å². The van der Waals surface area contributed by atoms with Crippen LogP contribution in [0.4, 0.5) is 0 Å². The molecular weight excluding hydrogens is 512 g/mol. The summed E-state index contributed by atoms with van der Waals surface area (Å²) in [5.74, 6) is 1.79. The van der Waals surface area contributed by atoms with Crippen molar-refractivity contribution in [1.29, 1.82) is 0 Å². The summed E-state index contributed by atoms with van der Waals surface area (Å²) in [5.41, 5.74) is 4.32. The van der Waals surface area contributed by atoms with Crippen LogP contribution in [0.2, 0.25) is 5.02 Å². The molecule has 4 nitrogen and oxygen atoms in total. The van der Waals surface area contributed by atoms with E-state index in [-0.39, 0.29) is 12.3 Å². The van der Waals surface area contributed by atoms with Crippen LogP contribution < -0.4 is 9.47 Å². The van der Waals surface area contributed by atoms with Crippen LogP contribution in [0.3, 0.4) is 0 Å². The van der Waals surface area contributed by atoms with Crippen LogP contribution in [0.25, 0.3) is 0 Å². The molecule has 0 amide bonds. The fraction of sp³-hybridized carbons (Fsp3) is 0.321. The molecule has 6 heteroatoms. The summed E-state index contributed by atoms with van der Waals surface area (Å²) >= 11 is 9.73. The summed E-state index contributed by atoms with van der Waals surface area (Å²) in [6.45, 7) is 2.97. The smallest absolute Gasteiger partial charge is 0.213 e. The SMILES string of the molecule is CCCCCCOc1ccc([C@H]2Oc3ccc(Br)cc3[C@H]3CC(c4ccc(Cl)cc4)=NN32)cc1. The first kappa shape index (κ1) is 23.3. The molecule has 0 aliphatic carbocycles. The van der Waals surface area contributed by atoms with Crippen molar-refractivity contribution >= 4 is 33.2 Å². The lowest BCUT2D eigenvalue weighted by Crippen LogP contribution is -2.33. The van der Waals surface area contributed by atoms with Crippen LogP contribution in [0.5, 0.6) is 11.5 Å². The van der Waals surface area contributed by atoms with Gasteiger partial charge in [-0.25, -0.2) is 5.01 Å². The minimum Gasteiger partial charge on any atom is -0.494 e. The topological polar surface area (TPSA) is 34.1 Å². The number of ether oxygens (including phenoxy) is 2. The zero-order valence-corrected chi connectivity index (χ0v) is 21.6. The molecule has 2 atom stereocenters. The highest BCUT2D eigenvalue weighted by Crippen LogP contribution is 2.48. The van der Waals surface area contributed by atoms with Gasteiger partial charge >= 0.3 is 0 Å². The molecule has 5 rings (SSSR count). The van der Waals surface area contributed by atoms with E-state index in [2.05, 4.69) is 46.1 Å². The molecule has 2 aliphatic rings. The number of hydrazone groups is 1. The summed E-state index contributed by atoms with van der Waals surface area (Å²) in [6.07, 6.45) is 5.30. The molecule has 3 aromatic carbocycles. The van der Waals surface area contributed by atoms with Gasteiger partial charge in [0.2, 0.25) is 6.23 Å². The molecule has 0 saturated heterocycles. The van der Waals surface area contributed by atoms with Gasteiger partial charge in [0.15, 0.2) is 0 Å². The first-order valence-corrected chi connectivity index (χ1v) is 13.1. The van der Waals surface area contributed by atoms with Crippen LogP contribution in [0, 0.1) is 0 Å². The van der Waals surface area contributed by atoms with Crippen molar-refractivity contribution in [3.63, 3.8) is 0 Å².